The van der Waals surface area contributed by atoms with Crippen LogP contribution in [0.25, 0.3) is 0 Å². The highest BCUT2D eigenvalue weighted by molar-refractivity contribution is 4.97. The first kappa shape index (κ1) is 16.3. The SMILES string of the molecule is CCC1CNC(CC)(CC)CN1CC1CCCN(C)C1. The number of hydrogen-bond donors (Lipinski definition) is 1. The quantitative estimate of drug-likeness (QED) is 0.835. The minimum Gasteiger partial charge on any atom is -0.308 e. The van der Waals surface area contributed by atoms with E-state index in [9.17, 15) is 0 Å². The Labute approximate surface area is 126 Å². The van der Waals surface area contributed by atoms with Crippen LogP contribution in [-0.4, -0.2) is 61.2 Å². The Hall–Kier alpha value is -0.120. The van der Waals surface area contributed by atoms with Crippen molar-refractivity contribution in [1.29, 1.82) is 0 Å². The van der Waals surface area contributed by atoms with Gasteiger partial charge in [-0.25, -0.2) is 0 Å². The molecule has 0 radical (unpaired) electrons. The molecule has 1 N–H and O–H groups in total. The Balaban J connectivity index is 1.97. The van der Waals surface area contributed by atoms with E-state index in [0.717, 1.165) is 12.0 Å². The van der Waals surface area contributed by atoms with Gasteiger partial charge in [-0.05, 0) is 51.6 Å². The fraction of sp³-hybridized carbons (Fsp3) is 1.00. The van der Waals surface area contributed by atoms with Crippen LogP contribution in [0.2, 0.25) is 0 Å². The summed E-state index contributed by atoms with van der Waals surface area (Å²) < 4.78 is 0. The first-order valence-electron chi connectivity index (χ1n) is 8.80. The summed E-state index contributed by atoms with van der Waals surface area (Å²) in [7, 11) is 2.28. The van der Waals surface area contributed by atoms with Crippen molar-refractivity contribution in [3.05, 3.63) is 0 Å². The molecule has 2 atom stereocenters. The van der Waals surface area contributed by atoms with E-state index in [1.54, 1.807) is 0 Å². The van der Waals surface area contributed by atoms with Gasteiger partial charge in [0, 0.05) is 37.8 Å². The summed E-state index contributed by atoms with van der Waals surface area (Å²) in [4.78, 5) is 5.33. The Kier molecular flexibility index (Phi) is 5.88. The number of piperazine rings is 1. The van der Waals surface area contributed by atoms with Crippen LogP contribution in [0.3, 0.4) is 0 Å². The van der Waals surface area contributed by atoms with Crippen molar-refractivity contribution in [2.75, 3.05) is 39.8 Å². The second-order valence-electron chi connectivity index (χ2n) is 7.13. The smallest absolute Gasteiger partial charge is 0.0304 e. The summed E-state index contributed by atoms with van der Waals surface area (Å²) in [6.07, 6.45) is 6.59. The highest BCUT2D eigenvalue weighted by Crippen LogP contribution is 2.26. The monoisotopic (exact) mass is 281 g/mol. The van der Waals surface area contributed by atoms with Crippen molar-refractivity contribution in [2.45, 2.75) is 64.5 Å². The molecule has 2 rings (SSSR count). The molecular weight excluding hydrogens is 246 g/mol. The summed E-state index contributed by atoms with van der Waals surface area (Å²) in [5.41, 5.74) is 0.367. The average molecular weight is 281 g/mol. The zero-order valence-electron chi connectivity index (χ0n) is 14.1. The van der Waals surface area contributed by atoms with E-state index < -0.39 is 0 Å². The molecule has 20 heavy (non-hydrogen) atoms. The number of hydrogen-bond acceptors (Lipinski definition) is 3. The molecule has 0 aliphatic carbocycles. The topological polar surface area (TPSA) is 18.5 Å². The molecule has 2 unspecified atom stereocenters. The van der Waals surface area contributed by atoms with Gasteiger partial charge in [0.1, 0.15) is 0 Å². The van der Waals surface area contributed by atoms with Gasteiger partial charge in [-0.15, -0.1) is 0 Å². The minimum atomic E-state index is 0.367. The van der Waals surface area contributed by atoms with Crippen LogP contribution in [0, 0.1) is 5.92 Å². The summed E-state index contributed by atoms with van der Waals surface area (Å²) in [6, 6.07) is 0.744. The van der Waals surface area contributed by atoms with E-state index in [1.807, 2.05) is 0 Å². The molecule has 0 aromatic carbocycles. The van der Waals surface area contributed by atoms with E-state index in [-0.39, 0.29) is 0 Å². The summed E-state index contributed by atoms with van der Waals surface area (Å²) in [5.74, 6) is 0.882. The lowest BCUT2D eigenvalue weighted by atomic mass is 9.87. The van der Waals surface area contributed by atoms with Gasteiger partial charge < -0.3 is 10.2 Å². The third-order valence-electron chi connectivity index (χ3n) is 5.77. The average Bonchev–Trinajstić information content (AvgIpc) is 2.47. The molecule has 0 spiro atoms. The largest absolute Gasteiger partial charge is 0.308 e. The number of piperidine rings is 1. The van der Waals surface area contributed by atoms with Gasteiger partial charge in [0.25, 0.3) is 0 Å². The number of rotatable bonds is 5. The zero-order chi connectivity index (χ0) is 14.6. The second-order valence-corrected chi connectivity index (χ2v) is 7.13. The van der Waals surface area contributed by atoms with Crippen molar-refractivity contribution in [3.8, 4) is 0 Å². The summed E-state index contributed by atoms with van der Waals surface area (Å²) in [6.45, 7) is 13.4. The van der Waals surface area contributed by atoms with Crippen molar-refractivity contribution >= 4 is 0 Å². The fourth-order valence-electron chi connectivity index (χ4n) is 4.13. The highest BCUT2D eigenvalue weighted by atomic mass is 15.3. The van der Waals surface area contributed by atoms with Crippen LogP contribution >= 0.6 is 0 Å². The standard InChI is InChI=1S/C17H35N3/c1-5-16-11-18-17(6-2,7-3)14-20(16)13-15-9-8-10-19(4)12-15/h15-16,18H,5-14H2,1-4H3. The first-order valence-corrected chi connectivity index (χ1v) is 8.80. The van der Waals surface area contributed by atoms with Gasteiger partial charge in [-0.3, -0.25) is 4.90 Å². The molecule has 118 valence electrons. The maximum Gasteiger partial charge on any atom is 0.0304 e. The van der Waals surface area contributed by atoms with Gasteiger partial charge in [0.15, 0.2) is 0 Å². The Morgan fingerprint density at radius 3 is 2.55 bits per heavy atom. The summed E-state index contributed by atoms with van der Waals surface area (Å²) >= 11 is 0. The van der Waals surface area contributed by atoms with Crippen LogP contribution < -0.4 is 5.32 Å². The van der Waals surface area contributed by atoms with Crippen LogP contribution in [0.5, 0.6) is 0 Å². The van der Waals surface area contributed by atoms with Crippen molar-refractivity contribution in [3.63, 3.8) is 0 Å². The second kappa shape index (κ2) is 7.24. The number of likely N-dealkylation sites (tertiary alicyclic amines) is 1. The maximum absolute atomic E-state index is 3.86. The highest BCUT2D eigenvalue weighted by Gasteiger charge is 2.37. The molecule has 0 aromatic heterocycles. The predicted octanol–water partition coefficient (Wildman–Crippen LogP) is 2.57. The van der Waals surface area contributed by atoms with E-state index >= 15 is 0 Å². The van der Waals surface area contributed by atoms with E-state index in [0.29, 0.717) is 5.54 Å². The van der Waals surface area contributed by atoms with E-state index in [1.165, 1.54) is 64.8 Å². The molecule has 0 aromatic rings. The molecule has 3 heteroatoms. The molecule has 2 heterocycles. The zero-order valence-corrected chi connectivity index (χ0v) is 14.1. The van der Waals surface area contributed by atoms with Gasteiger partial charge in [0.05, 0.1) is 0 Å². The van der Waals surface area contributed by atoms with Crippen LogP contribution in [0.15, 0.2) is 0 Å². The molecular formula is C17H35N3. The normalized spacial score (nSPS) is 32.4. The lowest BCUT2D eigenvalue weighted by Gasteiger charge is -2.49. The van der Waals surface area contributed by atoms with Crippen molar-refractivity contribution in [1.82, 2.24) is 15.1 Å². The van der Waals surface area contributed by atoms with E-state index in [2.05, 4.69) is 42.9 Å². The number of nitrogens with zero attached hydrogens (tertiary/aromatic N) is 2. The van der Waals surface area contributed by atoms with Gasteiger partial charge >= 0.3 is 0 Å². The van der Waals surface area contributed by atoms with Crippen molar-refractivity contribution < 1.29 is 0 Å². The minimum absolute atomic E-state index is 0.367. The van der Waals surface area contributed by atoms with E-state index in [4.69, 9.17) is 0 Å². The molecule has 2 saturated heterocycles. The molecule has 2 aliphatic rings. The van der Waals surface area contributed by atoms with Gasteiger partial charge in [-0.1, -0.05) is 20.8 Å². The molecule has 0 amide bonds. The Bertz CT molecular complexity index is 288. The first-order chi connectivity index (χ1) is 9.62. The fourth-order valence-corrected chi connectivity index (χ4v) is 4.13. The number of nitrogens with one attached hydrogen (secondary N) is 1. The molecule has 3 nitrogen and oxygen atoms in total. The third-order valence-corrected chi connectivity index (χ3v) is 5.77. The van der Waals surface area contributed by atoms with Crippen molar-refractivity contribution in [2.24, 2.45) is 5.92 Å². The maximum atomic E-state index is 3.86. The van der Waals surface area contributed by atoms with Crippen LogP contribution in [0.4, 0.5) is 0 Å². The Morgan fingerprint density at radius 2 is 1.95 bits per heavy atom. The lowest BCUT2D eigenvalue weighted by molar-refractivity contribution is 0.0447. The summed E-state index contributed by atoms with van der Waals surface area (Å²) in [5, 5.41) is 3.86. The van der Waals surface area contributed by atoms with Gasteiger partial charge in [-0.2, -0.15) is 0 Å². The third kappa shape index (κ3) is 3.75. The molecule has 2 aliphatic heterocycles. The van der Waals surface area contributed by atoms with Gasteiger partial charge in [0.2, 0.25) is 0 Å². The van der Waals surface area contributed by atoms with Crippen LogP contribution in [0.1, 0.15) is 52.9 Å². The molecule has 2 fully saturated rings. The molecule has 0 bridgehead atoms. The Morgan fingerprint density at radius 1 is 1.20 bits per heavy atom. The van der Waals surface area contributed by atoms with Crippen LogP contribution in [-0.2, 0) is 0 Å². The predicted molar refractivity (Wildman–Crippen MR) is 87.2 cm³/mol. The molecule has 0 saturated carbocycles. The lowest BCUT2D eigenvalue weighted by Crippen LogP contribution is -2.64.